The number of fused-ring (bicyclic) bond motifs is 1. The molecular formula is C17H16N6O8S2. The highest BCUT2D eigenvalue weighted by Gasteiger charge is 2.51. The van der Waals surface area contributed by atoms with E-state index in [0.717, 1.165) is 42.2 Å². The zero-order valence-electron chi connectivity index (χ0n) is 17.1. The van der Waals surface area contributed by atoms with Crippen LogP contribution in [-0.2, 0) is 33.6 Å². The van der Waals surface area contributed by atoms with E-state index in [1.807, 2.05) is 0 Å². The zero-order chi connectivity index (χ0) is 24.4. The molecular weight excluding hydrogens is 480 g/mol. The number of rotatable bonds is 9. The quantitative estimate of drug-likeness (QED) is 0.119. The Balaban J connectivity index is 2.02. The third kappa shape index (κ3) is 4.75. The van der Waals surface area contributed by atoms with Crippen LogP contribution in [0.2, 0.25) is 0 Å². The van der Waals surface area contributed by atoms with Crippen LogP contribution in [0.4, 0.5) is 5.13 Å². The van der Waals surface area contributed by atoms with Crippen LogP contribution in [0, 0.1) is 0 Å². The summed E-state index contributed by atoms with van der Waals surface area (Å²) in [7, 11) is 1.16. The third-order valence-electron chi connectivity index (χ3n) is 4.38. The van der Waals surface area contributed by atoms with Gasteiger partial charge in [-0.15, -0.1) is 11.8 Å². The van der Waals surface area contributed by atoms with Crippen LogP contribution >= 0.6 is 23.3 Å². The van der Waals surface area contributed by atoms with E-state index in [9.17, 15) is 33.9 Å². The number of oxime groups is 1. The molecule has 0 saturated carbocycles. The Bertz CT molecular complexity index is 1140. The Morgan fingerprint density at radius 3 is 2.55 bits per heavy atom. The molecule has 1 fully saturated rings. The molecule has 16 heteroatoms. The molecule has 2 aliphatic heterocycles. The normalized spacial score (nSPS) is 20.0. The number of nitrogen functional groups attached to an aromatic ring is 1. The van der Waals surface area contributed by atoms with Crippen LogP contribution in [0.25, 0.3) is 0 Å². The predicted molar refractivity (Wildman–Crippen MR) is 113 cm³/mol. The van der Waals surface area contributed by atoms with Gasteiger partial charge in [0, 0.05) is 11.5 Å². The van der Waals surface area contributed by atoms with Crippen molar-refractivity contribution in [1.82, 2.24) is 19.6 Å². The van der Waals surface area contributed by atoms with E-state index >= 15 is 0 Å². The molecule has 174 valence electrons. The number of carbonyl (C=O) groups is 6. The molecule has 1 aromatic rings. The van der Waals surface area contributed by atoms with E-state index in [1.165, 1.54) is 0 Å². The fourth-order valence-corrected chi connectivity index (χ4v) is 4.91. The van der Waals surface area contributed by atoms with Crippen LogP contribution in [0.15, 0.2) is 16.4 Å². The Labute approximate surface area is 193 Å². The van der Waals surface area contributed by atoms with Gasteiger partial charge in [-0.25, -0.2) is 4.79 Å². The fourth-order valence-electron chi connectivity index (χ4n) is 3.05. The van der Waals surface area contributed by atoms with Crippen molar-refractivity contribution in [2.45, 2.75) is 30.5 Å². The lowest BCUT2D eigenvalue weighted by Crippen LogP contribution is -2.58. The van der Waals surface area contributed by atoms with E-state index in [-0.39, 0.29) is 17.4 Å². The number of thioether (sulfide) groups is 1. The van der Waals surface area contributed by atoms with Gasteiger partial charge < -0.3 is 21.0 Å². The van der Waals surface area contributed by atoms with Crippen molar-refractivity contribution in [3.8, 4) is 0 Å². The van der Waals surface area contributed by atoms with Crippen LogP contribution in [0.1, 0.15) is 25.6 Å². The van der Waals surface area contributed by atoms with Gasteiger partial charge in [-0.05, 0) is 6.92 Å². The maximum absolute atomic E-state index is 12.9. The minimum Gasteiger partial charge on any atom is -0.477 e. The van der Waals surface area contributed by atoms with Gasteiger partial charge in [0.05, 0.1) is 23.8 Å². The molecule has 3 heterocycles. The molecule has 2 atom stereocenters. The summed E-state index contributed by atoms with van der Waals surface area (Å²) in [6.45, 7) is 1.08. The molecule has 0 aliphatic carbocycles. The summed E-state index contributed by atoms with van der Waals surface area (Å²) >= 11 is 1.66. The largest absolute Gasteiger partial charge is 0.477 e. The lowest BCUT2D eigenvalue weighted by molar-refractivity contribution is -0.146. The number of nitrogens with zero attached hydrogens (tertiary/aromatic N) is 4. The third-order valence-corrected chi connectivity index (χ3v) is 6.24. The number of aromatic nitrogens is 2. The van der Waals surface area contributed by atoms with E-state index in [2.05, 4.69) is 24.7 Å². The van der Waals surface area contributed by atoms with Crippen LogP contribution < -0.4 is 11.1 Å². The Morgan fingerprint density at radius 2 is 2.03 bits per heavy atom. The number of amides is 2. The number of carboxylic acid groups (broad SMARTS) is 1. The minimum atomic E-state index is -1.65. The number of β-lactam (4-membered cyclic amide) rings is 1. The summed E-state index contributed by atoms with van der Waals surface area (Å²) in [5, 5.41) is 13.7. The Kier molecular flexibility index (Phi) is 6.87. The van der Waals surface area contributed by atoms with Crippen LogP contribution in [0.3, 0.4) is 0 Å². The molecule has 1 saturated heterocycles. The second kappa shape index (κ2) is 9.45. The molecule has 14 nitrogen and oxygen atoms in total. The monoisotopic (exact) mass is 496 g/mol. The average molecular weight is 496 g/mol. The van der Waals surface area contributed by atoms with Gasteiger partial charge in [-0.2, -0.15) is 9.36 Å². The summed E-state index contributed by atoms with van der Waals surface area (Å²) in [5.41, 5.74) is 3.74. The van der Waals surface area contributed by atoms with Gasteiger partial charge in [0.1, 0.15) is 24.0 Å². The molecule has 0 spiro atoms. The molecule has 3 rings (SSSR count). The number of aliphatic carboxylic acids is 1. The van der Waals surface area contributed by atoms with Gasteiger partial charge in [0.25, 0.3) is 5.91 Å². The standard InChI is InChI=1S/C17H16N6O8S2/c1-5(24)3-6(25)12(27)9-11(16(29)30)23-7(26)4-8(23)32-15(9)20-14(28)10(21-31-2)13-19-17(18)33-22-13/h8,15H,3-4H2,1-2H3,(H,20,28)(H,29,30)(H2,18,19,22)/b21-10-. The van der Waals surface area contributed by atoms with Crippen LogP contribution in [0.5, 0.6) is 0 Å². The first-order valence-electron chi connectivity index (χ1n) is 9.08. The van der Waals surface area contributed by atoms with Gasteiger partial charge in [0.15, 0.2) is 5.13 Å². The van der Waals surface area contributed by atoms with Gasteiger partial charge >= 0.3 is 5.97 Å². The smallest absolute Gasteiger partial charge is 0.353 e. The van der Waals surface area contributed by atoms with E-state index < -0.39 is 69.3 Å². The lowest BCUT2D eigenvalue weighted by atomic mass is 9.98. The highest BCUT2D eigenvalue weighted by molar-refractivity contribution is 8.00. The minimum absolute atomic E-state index is 0.0380. The molecule has 1 aromatic heterocycles. The highest BCUT2D eigenvalue weighted by Crippen LogP contribution is 2.43. The van der Waals surface area contributed by atoms with Crippen molar-refractivity contribution < 1.29 is 38.7 Å². The predicted octanol–water partition coefficient (Wildman–Crippen LogP) is -1.33. The Morgan fingerprint density at radius 1 is 1.33 bits per heavy atom. The molecule has 0 bridgehead atoms. The number of hydrogen-bond acceptors (Lipinski definition) is 13. The van der Waals surface area contributed by atoms with E-state index in [1.54, 1.807) is 0 Å². The first kappa shape index (κ1) is 24.0. The van der Waals surface area contributed by atoms with Crippen molar-refractivity contribution >= 4 is 69.3 Å². The number of ketones is 3. The van der Waals surface area contributed by atoms with Crippen molar-refractivity contribution in [3.05, 3.63) is 17.1 Å². The number of anilines is 1. The SMILES string of the molecule is CO/N=C(\C(=O)NC1SC2CC(=O)N2C(C(=O)O)=C1C(=O)C(=O)CC(C)=O)c1nsc(N)n1. The summed E-state index contributed by atoms with van der Waals surface area (Å²) in [5.74, 6) is -6.45. The maximum Gasteiger partial charge on any atom is 0.353 e. The van der Waals surface area contributed by atoms with Gasteiger partial charge in [-0.1, -0.05) is 5.16 Å². The molecule has 0 radical (unpaired) electrons. The summed E-state index contributed by atoms with van der Waals surface area (Å²) < 4.78 is 3.86. The molecule has 0 aromatic carbocycles. The Hall–Kier alpha value is -3.66. The molecule has 2 unspecified atom stereocenters. The lowest BCUT2D eigenvalue weighted by Gasteiger charge is -2.46. The van der Waals surface area contributed by atoms with Crippen LogP contribution in [-0.4, -0.2) is 78.1 Å². The zero-order valence-corrected chi connectivity index (χ0v) is 18.7. The summed E-state index contributed by atoms with van der Waals surface area (Å²) in [4.78, 5) is 82.7. The van der Waals surface area contributed by atoms with Crippen molar-refractivity contribution in [1.29, 1.82) is 0 Å². The van der Waals surface area contributed by atoms with Gasteiger partial charge in [-0.3, -0.25) is 28.9 Å². The molecule has 2 aliphatic rings. The molecule has 2 amide bonds. The van der Waals surface area contributed by atoms with Crippen molar-refractivity contribution in [2.24, 2.45) is 5.16 Å². The number of nitrogens with one attached hydrogen (secondary N) is 1. The highest BCUT2D eigenvalue weighted by atomic mass is 32.2. The topological polar surface area (TPSA) is 211 Å². The second-order valence-electron chi connectivity index (χ2n) is 6.69. The number of carboxylic acids is 1. The second-order valence-corrected chi connectivity index (χ2v) is 8.76. The van der Waals surface area contributed by atoms with E-state index in [4.69, 9.17) is 5.73 Å². The van der Waals surface area contributed by atoms with Crippen molar-refractivity contribution in [3.63, 3.8) is 0 Å². The first-order valence-corrected chi connectivity index (χ1v) is 10.8. The molecule has 33 heavy (non-hydrogen) atoms. The fraction of sp³-hybridized carbons (Fsp3) is 0.353. The van der Waals surface area contributed by atoms with Gasteiger partial charge in [0.2, 0.25) is 29.0 Å². The summed E-state index contributed by atoms with van der Waals surface area (Å²) in [6.07, 6.45) is -0.809. The molecule has 4 N–H and O–H groups in total. The number of hydrogen-bond donors (Lipinski definition) is 3. The number of nitrogens with two attached hydrogens (primary N) is 1. The van der Waals surface area contributed by atoms with Crippen molar-refractivity contribution in [2.75, 3.05) is 12.8 Å². The van der Waals surface area contributed by atoms with E-state index in [0.29, 0.717) is 0 Å². The summed E-state index contributed by atoms with van der Waals surface area (Å²) in [6, 6.07) is 0. The maximum atomic E-state index is 12.9. The number of Topliss-reactive ketones (excluding diaryl/α,β-unsaturated/α-hetero) is 3. The first-order chi connectivity index (χ1) is 15.5. The number of carbonyl (C=O) groups excluding carboxylic acids is 5. The average Bonchev–Trinajstić information content (AvgIpc) is 3.15.